The summed E-state index contributed by atoms with van der Waals surface area (Å²) in [6.07, 6.45) is -3.79. The first-order chi connectivity index (χ1) is 11.3. The number of nitrogens with one attached hydrogen (secondary N) is 1. The summed E-state index contributed by atoms with van der Waals surface area (Å²) in [6.45, 7) is 0.504. The van der Waals surface area contributed by atoms with Gasteiger partial charge in [-0.3, -0.25) is 9.59 Å². The minimum absolute atomic E-state index is 0.0589. The number of benzene rings is 1. The molecule has 1 aromatic carbocycles. The predicted octanol–water partition coefficient (Wildman–Crippen LogP) is 2.80. The average Bonchev–Trinajstić information content (AvgIpc) is 2.54. The smallest absolute Gasteiger partial charge is 0.356 e. The number of rotatable bonds is 4. The van der Waals surface area contributed by atoms with Crippen LogP contribution in [0.15, 0.2) is 24.3 Å². The molecule has 8 heteroatoms. The van der Waals surface area contributed by atoms with Gasteiger partial charge in [-0.15, -0.1) is 0 Å². The zero-order chi connectivity index (χ0) is 17.7. The molecule has 0 aromatic heterocycles. The fraction of sp³-hybridized carbons (Fsp3) is 0.500. The van der Waals surface area contributed by atoms with Crippen molar-refractivity contribution in [3.8, 4) is 0 Å². The highest BCUT2D eigenvalue weighted by Crippen LogP contribution is 2.23. The minimum atomic E-state index is -4.82. The summed E-state index contributed by atoms with van der Waals surface area (Å²) >= 11 is 5.99. The van der Waals surface area contributed by atoms with Gasteiger partial charge in [-0.05, 0) is 30.4 Å². The highest BCUT2D eigenvalue weighted by molar-refractivity contribution is 6.31. The molecule has 1 heterocycles. The second-order valence-corrected chi connectivity index (χ2v) is 6.21. The Bertz CT molecular complexity index is 599. The number of piperidine rings is 1. The third kappa shape index (κ3) is 5.12. The number of likely N-dealkylation sites (tertiary alicyclic amines) is 1. The fourth-order valence-corrected chi connectivity index (χ4v) is 2.86. The van der Waals surface area contributed by atoms with Crippen molar-refractivity contribution in [2.75, 3.05) is 19.6 Å². The van der Waals surface area contributed by atoms with Crippen LogP contribution in [-0.2, 0) is 16.0 Å². The van der Waals surface area contributed by atoms with Crippen LogP contribution in [0.25, 0.3) is 0 Å². The highest BCUT2D eigenvalue weighted by atomic mass is 35.5. The molecular weight excluding hydrogens is 345 g/mol. The molecule has 2 rings (SSSR count). The van der Waals surface area contributed by atoms with Crippen LogP contribution in [0.3, 0.4) is 0 Å². The van der Waals surface area contributed by atoms with Gasteiger partial charge in [0.1, 0.15) is 0 Å². The number of alkyl halides is 3. The van der Waals surface area contributed by atoms with Crippen LogP contribution in [0.2, 0.25) is 5.02 Å². The molecule has 132 valence electrons. The number of hydrogen-bond acceptors (Lipinski definition) is 2. The molecule has 1 aromatic rings. The Hall–Kier alpha value is -1.76. The molecule has 1 saturated heterocycles. The van der Waals surface area contributed by atoms with Crippen molar-refractivity contribution in [1.29, 1.82) is 0 Å². The van der Waals surface area contributed by atoms with E-state index in [-0.39, 0.29) is 31.3 Å². The molecule has 0 aliphatic carbocycles. The van der Waals surface area contributed by atoms with Crippen molar-refractivity contribution in [3.63, 3.8) is 0 Å². The molecule has 2 amide bonds. The van der Waals surface area contributed by atoms with Crippen molar-refractivity contribution >= 4 is 23.4 Å². The molecular formula is C16H18ClF3N2O2. The zero-order valence-corrected chi connectivity index (χ0v) is 13.7. The normalized spacial score (nSPS) is 16.1. The van der Waals surface area contributed by atoms with Crippen LogP contribution in [0.5, 0.6) is 0 Å². The Balaban J connectivity index is 1.74. The molecule has 0 spiro atoms. The van der Waals surface area contributed by atoms with Gasteiger partial charge in [-0.25, -0.2) is 0 Å². The summed E-state index contributed by atoms with van der Waals surface area (Å²) < 4.78 is 37.1. The first-order valence-electron chi connectivity index (χ1n) is 7.63. The molecule has 1 fully saturated rings. The first kappa shape index (κ1) is 18.6. The van der Waals surface area contributed by atoms with Crippen LogP contribution in [-0.4, -0.2) is 42.5 Å². The molecule has 1 aliphatic rings. The van der Waals surface area contributed by atoms with E-state index in [4.69, 9.17) is 11.6 Å². The standard InChI is InChI=1S/C16H18ClF3N2O2/c17-13-4-2-1-3-12(13)9-14(23)21-10-11-5-7-22(8-6-11)15(24)16(18,19)20/h1-4,11H,5-10H2,(H,21,23). The van der Waals surface area contributed by atoms with E-state index in [9.17, 15) is 22.8 Å². The second-order valence-electron chi connectivity index (χ2n) is 5.81. The molecule has 0 saturated carbocycles. The lowest BCUT2D eigenvalue weighted by molar-refractivity contribution is -0.186. The van der Waals surface area contributed by atoms with Crippen molar-refractivity contribution in [2.24, 2.45) is 5.92 Å². The van der Waals surface area contributed by atoms with Crippen LogP contribution in [0, 0.1) is 5.92 Å². The van der Waals surface area contributed by atoms with Gasteiger partial charge in [0.25, 0.3) is 0 Å². The van der Waals surface area contributed by atoms with Gasteiger partial charge in [-0.1, -0.05) is 29.8 Å². The Labute approximate surface area is 143 Å². The Morgan fingerprint density at radius 2 is 1.83 bits per heavy atom. The number of hydrogen-bond donors (Lipinski definition) is 1. The molecule has 0 unspecified atom stereocenters. The van der Waals surface area contributed by atoms with E-state index in [1.54, 1.807) is 24.3 Å². The minimum Gasteiger partial charge on any atom is -0.356 e. The Morgan fingerprint density at radius 1 is 1.21 bits per heavy atom. The summed E-state index contributed by atoms with van der Waals surface area (Å²) in [5.41, 5.74) is 0.724. The molecule has 0 bridgehead atoms. The number of nitrogens with zero attached hydrogens (tertiary/aromatic N) is 1. The van der Waals surface area contributed by atoms with Crippen LogP contribution >= 0.6 is 11.6 Å². The summed E-state index contributed by atoms with van der Waals surface area (Å²) in [7, 11) is 0. The largest absolute Gasteiger partial charge is 0.471 e. The molecule has 1 aliphatic heterocycles. The van der Waals surface area contributed by atoms with Gasteiger partial charge in [-0.2, -0.15) is 13.2 Å². The van der Waals surface area contributed by atoms with E-state index in [2.05, 4.69) is 5.32 Å². The van der Waals surface area contributed by atoms with E-state index in [1.807, 2.05) is 0 Å². The third-order valence-electron chi connectivity index (χ3n) is 4.04. The van der Waals surface area contributed by atoms with Crippen molar-refractivity contribution in [1.82, 2.24) is 10.2 Å². The summed E-state index contributed by atoms with van der Waals surface area (Å²) in [6, 6.07) is 7.04. The maximum atomic E-state index is 12.4. The molecule has 4 nitrogen and oxygen atoms in total. The predicted molar refractivity (Wildman–Crippen MR) is 83.5 cm³/mol. The van der Waals surface area contributed by atoms with Crippen LogP contribution in [0.4, 0.5) is 13.2 Å². The van der Waals surface area contributed by atoms with Crippen molar-refractivity contribution in [2.45, 2.75) is 25.4 Å². The lowest BCUT2D eigenvalue weighted by Crippen LogP contribution is -2.46. The summed E-state index contributed by atoms with van der Waals surface area (Å²) in [5.74, 6) is -1.90. The van der Waals surface area contributed by atoms with E-state index in [0.717, 1.165) is 10.5 Å². The zero-order valence-electron chi connectivity index (χ0n) is 12.9. The monoisotopic (exact) mass is 362 g/mol. The van der Waals surface area contributed by atoms with Gasteiger partial charge in [0.2, 0.25) is 5.91 Å². The molecule has 1 N–H and O–H groups in total. The lowest BCUT2D eigenvalue weighted by atomic mass is 9.96. The summed E-state index contributed by atoms with van der Waals surface area (Å²) in [5, 5.41) is 3.30. The average molecular weight is 363 g/mol. The maximum absolute atomic E-state index is 12.4. The molecule has 24 heavy (non-hydrogen) atoms. The van der Waals surface area contributed by atoms with Gasteiger partial charge in [0.05, 0.1) is 6.42 Å². The van der Waals surface area contributed by atoms with Gasteiger partial charge in [0, 0.05) is 24.7 Å². The van der Waals surface area contributed by atoms with E-state index >= 15 is 0 Å². The Kier molecular flexibility index (Phi) is 6.10. The number of carbonyl (C=O) groups excluding carboxylic acids is 2. The SMILES string of the molecule is O=C(Cc1ccccc1Cl)NCC1CCN(C(=O)C(F)(F)F)CC1. The number of amides is 2. The fourth-order valence-electron chi connectivity index (χ4n) is 2.65. The van der Waals surface area contributed by atoms with Gasteiger partial charge in [0.15, 0.2) is 0 Å². The van der Waals surface area contributed by atoms with E-state index < -0.39 is 12.1 Å². The van der Waals surface area contributed by atoms with Gasteiger partial charge < -0.3 is 10.2 Å². The van der Waals surface area contributed by atoms with E-state index in [1.165, 1.54) is 0 Å². The molecule has 0 atom stereocenters. The number of carbonyl (C=O) groups is 2. The van der Waals surface area contributed by atoms with Crippen molar-refractivity contribution < 1.29 is 22.8 Å². The Morgan fingerprint density at radius 3 is 2.42 bits per heavy atom. The van der Waals surface area contributed by atoms with E-state index in [0.29, 0.717) is 24.4 Å². The van der Waals surface area contributed by atoms with Gasteiger partial charge >= 0.3 is 12.1 Å². The lowest BCUT2D eigenvalue weighted by Gasteiger charge is -2.32. The highest BCUT2D eigenvalue weighted by Gasteiger charge is 2.43. The van der Waals surface area contributed by atoms with Crippen LogP contribution < -0.4 is 5.32 Å². The van der Waals surface area contributed by atoms with Crippen molar-refractivity contribution in [3.05, 3.63) is 34.9 Å². The second kappa shape index (κ2) is 7.88. The maximum Gasteiger partial charge on any atom is 0.471 e. The topological polar surface area (TPSA) is 49.4 Å². The third-order valence-corrected chi connectivity index (χ3v) is 4.41. The number of halogens is 4. The molecule has 0 radical (unpaired) electrons. The first-order valence-corrected chi connectivity index (χ1v) is 8.01. The quantitative estimate of drug-likeness (QED) is 0.895. The van der Waals surface area contributed by atoms with Crippen LogP contribution in [0.1, 0.15) is 18.4 Å². The summed E-state index contributed by atoms with van der Waals surface area (Å²) in [4.78, 5) is 23.9.